The third-order valence-corrected chi connectivity index (χ3v) is 5.44. The van der Waals surface area contributed by atoms with Crippen molar-refractivity contribution in [1.29, 1.82) is 0 Å². The molecule has 0 atom stereocenters. The molecule has 0 radical (unpaired) electrons. The van der Waals surface area contributed by atoms with Gasteiger partial charge in [0.05, 0.1) is 0 Å². The Labute approximate surface area is 176 Å². The molecule has 0 aromatic carbocycles. The van der Waals surface area contributed by atoms with Crippen LogP contribution in [0.15, 0.2) is 4.99 Å². The minimum atomic E-state index is 0. The monoisotopic (exact) mass is 476 g/mol. The van der Waals surface area contributed by atoms with Gasteiger partial charge in [-0.2, -0.15) is 0 Å². The summed E-state index contributed by atoms with van der Waals surface area (Å²) in [4.78, 5) is 4.76. The lowest BCUT2D eigenvalue weighted by atomic mass is 9.80. The average molecular weight is 476 g/mol. The van der Waals surface area contributed by atoms with Gasteiger partial charge in [0.15, 0.2) is 11.8 Å². The molecular weight excluding hydrogens is 439 g/mol. The highest BCUT2D eigenvalue weighted by molar-refractivity contribution is 14.0. The second-order valence-electron chi connectivity index (χ2n) is 7.67. The predicted molar refractivity (Wildman–Crippen MR) is 119 cm³/mol. The van der Waals surface area contributed by atoms with Crippen molar-refractivity contribution in [3.8, 4) is 0 Å². The van der Waals surface area contributed by atoms with E-state index < -0.39 is 0 Å². The van der Waals surface area contributed by atoms with Crippen LogP contribution in [0.5, 0.6) is 0 Å². The van der Waals surface area contributed by atoms with Crippen molar-refractivity contribution in [2.75, 3.05) is 6.54 Å². The van der Waals surface area contributed by atoms with Gasteiger partial charge < -0.3 is 15.2 Å². The van der Waals surface area contributed by atoms with Gasteiger partial charge in [-0.3, -0.25) is 0 Å². The molecule has 0 amide bonds. The van der Waals surface area contributed by atoms with E-state index >= 15 is 0 Å². The fourth-order valence-electron chi connectivity index (χ4n) is 3.40. The van der Waals surface area contributed by atoms with Crippen molar-refractivity contribution in [3.63, 3.8) is 0 Å². The van der Waals surface area contributed by atoms with Crippen molar-refractivity contribution in [2.24, 2.45) is 23.9 Å². The Hall–Kier alpha value is -0.860. The summed E-state index contributed by atoms with van der Waals surface area (Å²) in [6, 6.07) is 0.532. The molecule has 1 heterocycles. The highest BCUT2D eigenvalue weighted by Crippen LogP contribution is 2.29. The molecule has 2 N–H and O–H groups in total. The second-order valence-corrected chi connectivity index (χ2v) is 7.67. The molecule has 26 heavy (non-hydrogen) atoms. The first-order chi connectivity index (χ1) is 12.0. The third kappa shape index (κ3) is 7.04. The minimum Gasteiger partial charge on any atom is -0.356 e. The topological polar surface area (TPSA) is 67.1 Å². The molecule has 2 rings (SSSR count). The third-order valence-electron chi connectivity index (χ3n) is 5.44. The van der Waals surface area contributed by atoms with Crippen LogP contribution in [0, 0.1) is 18.8 Å². The first-order valence-corrected chi connectivity index (χ1v) is 9.91. The van der Waals surface area contributed by atoms with Crippen LogP contribution in [0.2, 0.25) is 0 Å². The molecule has 1 aliphatic rings. The molecule has 0 aliphatic heterocycles. The first-order valence-electron chi connectivity index (χ1n) is 9.91. The molecule has 0 spiro atoms. The van der Waals surface area contributed by atoms with Crippen molar-refractivity contribution in [1.82, 2.24) is 25.4 Å². The van der Waals surface area contributed by atoms with Crippen LogP contribution in [0.1, 0.15) is 70.9 Å². The van der Waals surface area contributed by atoms with E-state index in [1.165, 1.54) is 32.1 Å². The number of aliphatic imine (C=N–C) groups is 1. The second kappa shape index (κ2) is 11.8. The van der Waals surface area contributed by atoms with E-state index in [2.05, 4.69) is 41.6 Å². The zero-order chi connectivity index (χ0) is 18.2. The van der Waals surface area contributed by atoms with Gasteiger partial charge in [0, 0.05) is 19.6 Å². The van der Waals surface area contributed by atoms with E-state index in [0.29, 0.717) is 12.6 Å². The lowest BCUT2D eigenvalue weighted by molar-refractivity contribution is 0.250. The summed E-state index contributed by atoms with van der Waals surface area (Å²) in [6.07, 6.45) is 7.45. The Kier molecular flexibility index (Phi) is 10.5. The molecule has 0 saturated heterocycles. The molecule has 7 heteroatoms. The van der Waals surface area contributed by atoms with Gasteiger partial charge in [0.25, 0.3) is 0 Å². The van der Waals surface area contributed by atoms with Crippen LogP contribution in [0.3, 0.4) is 0 Å². The van der Waals surface area contributed by atoms with Crippen LogP contribution in [0.25, 0.3) is 0 Å². The number of aryl methyl sites for hydroxylation is 1. The standard InChI is InChI=1S/C19H36N6.HI/c1-6-7-12-20-19(21-13-18-24-23-15(4)25(18)5)22-17-10-8-16(9-11-17)14(2)3;/h14,16-17H,6-13H2,1-5H3,(H2,20,21,22);1H. The minimum absolute atomic E-state index is 0. The highest BCUT2D eigenvalue weighted by atomic mass is 127. The Bertz CT molecular complexity index is 546. The van der Waals surface area contributed by atoms with E-state index in [9.17, 15) is 0 Å². The molecule has 1 saturated carbocycles. The molecule has 1 fully saturated rings. The average Bonchev–Trinajstić information content (AvgIpc) is 2.92. The first kappa shape index (κ1) is 23.2. The molecule has 0 unspecified atom stereocenters. The number of halogens is 1. The summed E-state index contributed by atoms with van der Waals surface area (Å²) < 4.78 is 2.00. The van der Waals surface area contributed by atoms with Crippen LogP contribution >= 0.6 is 24.0 Å². The maximum absolute atomic E-state index is 4.76. The van der Waals surface area contributed by atoms with Gasteiger partial charge in [0.1, 0.15) is 12.4 Å². The maximum Gasteiger partial charge on any atom is 0.191 e. The van der Waals surface area contributed by atoms with Crippen LogP contribution in [0.4, 0.5) is 0 Å². The smallest absolute Gasteiger partial charge is 0.191 e. The number of guanidine groups is 1. The number of hydrogen-bond acceptors (Lipinski definition) is 3. The van der Waals surface area contributed by atoms with Gasteiger partial charge in [-0.05, 0) is 50.9 Å². The zero-order valence-electron chi connectivity index (χ0n) is 17.1. The molecule has 1 aromatic rings. The summed E-state index contributed by atoms with van der Waals surface area (Å²) in [5.41, 5.74) is 0. The molecule has 6 nitrogen and oxygen atoms in total. The fraction of sp³-hybridized carbons (Fsp3) is 0.842. The lowest BCUT2D eigenvalue weighted by Crippen LogP contribution is -2.45. The normalized spacial score (nSPS) is 20.8. The van der Waals surface area contributed by atoms with Crippen molar-refractivity contribution >= 4 is 29.9 Å². The number of aromatic nitrogens is 3. The van der Waals surface area contributed by atoms with E-state index in [4.69, 9.17) is 4.99 Å². The SMILES string of the molecule is CCCCNC(=NCc1nnc(C)n1C)NC1CCC(C(C)C)CC1.I. The lowest BCUT2D eigenvalue weighted by Gasteiger charge is -2.32. The molecule has 1 aliphatic carbocycles. The maximum atomic E-state index is 4.76. The Balaban J connectivity index is 0.00000338. The number of rotatable bonds is 7. The van der Waals surface area contributed by atoms with Gasteiger partial charge in [0.2, 0.25) is 0 Å². The highest BCUT2D eigenvalue weighted by Gasteiger charge is 2.23. The Morgan fingerprint density at radius 1 is 1.23 bits per heavy atom. The van der Waals surface area contributed by atoms with Crippen molar-refractivity contribution < 1.29 is 0 Å². The molecular formula is C19H37IN6. The van der Waals surface area contributed by atoms with Crippen molar-refractivity contribution in [3.05, 3.63) is 11.6 Å². The van der Waals surface area contributed by atoms with Gasteiger partial charge in [-0.25, -0.2) is 4.99 Å². The van der Waals surface area contributed by atoms with Crippen molar-refractivity contribution in [2.45, 2.75) is 78.8 Å². The number of nitrogens with zero attached hydrogens (tertiary/aromatic N) is 4. The van der Waals surface area contributed by atoms with Crippen LogP contribution in [-0.2, 0) is 13.6 Å². The zero-order valence-corrected chi connectivity index (χ0v) is 19.4. The van der Waals surface area contributed by atoms with Gasteiger partial charge >= 0.3 is 0 Å². The summed E-state index contributed by atoms with van der Waals surface area (Å²) in [6.45, 7) is 10.4. The van der Waals surface area contributed by atoms with Crippen LogP contribution in [-0.4, -0.2) is 33.3 Å². The van der Waals surface area contributed by atoms with Gasteiger partial charge in [-0.15, -0.1) is 34.2 Å². The summed E-state index contributed by atoms with van der Waals surface area (Å²) in [7, 11) is 1.99. The Morgan fingerprint density at radius 2 is 1.92 bits per heavy atom. The largest absolute Gasteiger partial charge is 0.356 e. The molecule has 1 aromatic heterocycles. The molecule has 0 bridgehead atoms. The number of nitrogens with one attached hydrogen (secondary N) is 2. The summed E-state index contributed by atoms with van der Waals surface area (Å²) in [5.74, 6) is 4.43. The van der Waals surface area contributed by atoms with E-state index in [-0.39, 0.29) is 24.0 Å². The fourth-order valence-corrected chi connectivity index (χ4v) is 3.40. The van der Waals surface area contributed by atoms with Crippen LogP contribution < -0.4 is 10.6 Å². The van der Waals surface area contributed by atoms with E-state index in [1.807, 2.05) is 18.5 Å². The molecule has 150 valence electrons. The Morgan fingerprint density at radius 3 is 2.46 bits per heavy atom. The quantitative estimate of drug-likeness (QED) is 0.272. The summed E-state index contributed by atoms with van der Waals surface area (Å²) >= 11 is 0. The summed E-state index contributed by atoms with van der Waals surface area (Å²) in [5, 5.41) is 15.5. The number of unbranched alkanes of at least 4 members (excludes halogenated alkanes) is 1. The van der Waals surface area contributed by atoms with E-state index in [1.54, 1.807) is 0 Å². The van der Waals surface area contributed by atoms with E-state index in [0.717, 1.165) is 42.4 Å². The van der Waals surface area contributed by atoms with Gasteiger partial charge in [-0.1, -0.05) is 27.2 Å². The predicted octanol–water partition coefficient (Wildman–Crippen LogP) is 3.79. The number of hydrogen-bond donors (Lipinski definition) is 2.